The zero-order chi connectivity index (χ0) is 30.2. The molecule has 3 aromatic carbocycles. The Morgan fingerprint density at radius 1 is 0.857 bits per heavy atom. The number of carbonyl (C=O) groups is 4. The van der Waals surface area contributed by atoms with Crippen LogP contribution in [0, 0.1) is 11.8 Å². The summed E-state index contributed by atoms with van der Waals surface area (Å²) >= 11 is 0. The number of hydrogen-bond donors (Lipinski definition) is 3. The van der Waals surface area contributed by atoms with Gasteiger partial charge in [0.25, 0.3) is 0 Å². The van der Waals surface area contributed by atoms with E-state index in [1.165, 1.54) is 7.11 Å². The summed E-state index contributed by atoms with van der Waals surface area (Å²) in [5.74, 6) is -4.19. The Labute approximate surface area is 245 Å². The second kappa shape index (κ2) is 13.9. The van der Waals surface area contributed by atoms with Gasteiger partial charge in [-0.3, -0.25) is 19.2 Å². The fourth-order valence-electron chi connectivity index (χ4n) is 5.19. The molecule has 0 aliphatic heterocycles. The zero-order valence-corrected chi connectivity index (χ0v) is 24.0. The lowest BCUT2D eigenvalue weighted by Crippen LogP contribution is -2.49. The van der Waals surface area contributed by atoms with Gasteiger partial charge in [0.15, 0.2) is 0 Å². The fourth-order valence-corrected chi connectivity index (χ4v) is 5.19. The Kier molecular flexibility index (Phi) is 10.1. The topological polar surface area (TPSA) is 131 Å². The number of ether oxygens (including phenoxy) is 2. The molecule has 2 amide bonds. The average Bonchev–Trinajstić information content (AvgIpc) is 3.31. The average molecular weight is 573 g/mol. The van der Waals surface area contributed by atoms with Crippen molar-refractivity contribution in [2.75, 3.05) is 19.0 Å². The highest BCUT2D eigenvalue weighted by Gasteiger charge is 2.36. The molecule has 0 aromatic heterocycles. The molecule has 3 aromatic rings. The van der Waals surface area contributed by atoms with Crippen molar-refractivity contribution in [2.24, 2.45) is 11.8 Å². The van der Waals surface area contributed by atoms with E-state index in [1.54, 1.807) is 38.1 Å². The summed E-state index contributed by atoms with van der Waals surface area (Å²) in [5.41, 5.74) is 5.43. The summed E-state index contributed by atoms with van der Waals surface area (Å²) < 4.78 is 10.5. The lowest BCUT2D eigenvalue weighted by molar-refractivity contribution is -0.155. The van der Waals surface area contributed by atoms with Crippen LogP contribution in [0.3, 0.4) is 0 Å². The van der Waals surface area contributed by atoms with Crippen LogP contribution >= 0.6 is 0 Å². The first-order chi connectivity index (χ1) is 20.2. The number of nitrogens with one attached hydrogen (secondary N) is 2. The van der Waals surface area contributed by atoms with Crippen molar-refractivity contribution in [1.82, 2.24) is 5.32 Å². The van der Waals surface area contributed by atoms with Crippen LogP contribution in [-0.4, -0.2) is 48.6 Å². The molecule has 9 heteroatoms. The van der Waals surface area contributed by atoms with Gasteiger partial charge < -0.3 is 25.2 Å². The molecule has 0 radical (unpaired) electrons. The van der Waals surface area contributed by atoms with E-state index in [4.69, 9.17) is 9.47 Å². The quantitative estimate of drug-likeness (QED) is 0.219. The van der Waals surface area contributed by atoms with Gasteiger partial charge in [0, 0.05) is 18.0 Å². The van der Waals surface area contributed by atoms with E-state index in [1.807, 2.05) is 48.5 Å². The minimum atomic E-state index is -1.17. The van der Waals surface area contributed by atoms with Crippen LogP contribution < -0.4 is 10.6 Å². The number of rotatable bonds is 12. The van der Waals surface area contributed by atoms with Crippen molar-refractivity contribution < 1.29 is 33.8 Å². The summed E-state index contributed by atoms with van der Waals surface area (Å²) in [6.07, 6.45) is -0.149. The van der Waals surface area contributed by atoms with Crippen LogP contribution in [0.25, 0.3) is 11.1 Å². The third-order valence-electron chi connectivity index (χ3n) is 7.46. The molecular weight excluding hydrogens is 536 g/mol. The number of fused-ring (bicyclic) bond motifs is 3. The Morgan fingerprint density at radius 3 is 2.00 bits per heavy atom. The summed E-state index contributed by atoms with van der Waals surface area (Å²) in [6, 6.07) is 21.4. The van der Waals surface area contributed by atoms with Gasteiger partial charge in [-0.25, -0.2) is 0 Å². The maximum absolute atomic E-state index is 13.4. The predicted octanol–water partition coefficient (Wildman–Crippen LogP) is 4.18. The molecule has 0 saturated heterocycles. The summed E-state index contributed by atoms with van der Waals surface area (Å²) in [7, 11) is 1.24. The second-order valence-corrected chi connectivity index (χ2v) is 10.6. The Bertz CT molecular complexity index is 1390. The summed E-state index contributed by atoms with van der Waals surface area (Å²) in [4.78, 5) is 51.8. The van der Waals surface area contributed by atoms with Crippen molar-refractivity contribution >= 4 is 29.4 Å². The number of hydrogen-bond acceptors (Lipinski definition) is 7. The van der Waals surface area contributed by atoms with Crippen molar-refractivity contribution in [3.63, 3.8) is 0 Å². The summed E-state index contributed by atoms with van der Waals surface area (Å²) in [5, 5.41) is 14.6. The van der Waals surface area contributed by atoms with Gasteiger partial charge in [-0.2, -0.15) is 0 Å². The number of amides is 2. The first-order valence-corrected chi connectivity index (χ1v) is 14.0. The van der Waals surface area contributed by atoms with Gasteiger partial charge in [0.1, 0.15) is 18.6 Å². The molecule has 2 atom stereocenters. The highest BCUT2D eigenvalue weighted by atomic mass is 16.5. The molecule has 3 N–H and O–H groups in total. The summed E-state index contributed by atoms with van der Waals surface area (Å²) in [6.45, 7) is 3.40. The van der Waals surface area contributed by atoms with Crippen LogP contribution in [-0.2, 0) is 35.3 Å². The number of esters is 2. The van der Waals surface area contributed by atoms with E-state index < -0.39 is 41.6 Å². The van der Waals surface area contributed by atoms with Gasteiger partial charge in [0.2, 0.25) is 11.8 Å². The molecule has 2 unspecified atom stereocenters. The predicted molar refractivity (Wildman–Crippen MR) is 157 cm³/mol. The molecule has 1 aliphatic rings. The van der Waals surface area contributed by atoms with Gasteiger partial charge >= 0.3 is 11.9 Å². The highest BCUT2D eigenvalue weighted by Crippen LogP contribution is 2.44. The van der Waals surface area contributed by atoms with Gasteiger partial charge in [0.05, 0.1) is 13.7 Å². The van der Waals surface area contributed by atoms with Crippen LogP contribution in [0.1, 0.15) is 49.3 Å². The zero-order valence-electron chi connectivity index (χ0n) is 24.0. The normalized spacial score (nSPS) is 13.5. The van der Waals surface area contributed by atoms with E-state index in [0.29, 0.717) is 11.3 Å². The molecule has 0 spiro atoms. The molecular formula is C33H36N2O7. The third kappa shape index (κ3) is 7.03. The number of anilines is 1. The molecule has 0 heterocycles. The van der Waals surface area contributed by atoms with Crippen molar-refractivity contribution in [3.8, 4) is 11.1 Å². The van der Waals surface area contributed by atoms with E-state index >= 15 is 0 Å². The molecule has 220 valence electrons. The molecule has 0 bridgehead atoms. The molecule has 0 saturated carbocycles. The number of carbonyl (C=O) groups excluding carboxylic acids is 4. The molecule has 42 heavy (non-hydrogen) atoms. The van der Waals surface area contributed by atoms with E-state index in [2.05, 4.69) is 10.6 Å². The van der Waals surface area contributed by atoms with Gasteiger partial charge in [-0.1, -0.05) is 74.5 Å². The maximum Gasteiger partial charge on any atom is 0.318 e. The molecule has 9 nitrogen and oxygen atoms in total. The molecule has 4 rings (SSSR count). The largest absolute Gasteiger partial charge is 0.469 e. The lowest BCUT2D eigenvalue weighted by Gasteiger charge is -2.24. The fraction of sp³-hybridized carbons (Fsp3) is 0.333. The van der Waals surface area contributed by atoms with Crippen molar-refractivity contribution in [3.05, 3.63) is 89.5 Å². The second-order valence-electron chi connectivity index (χ2n) is 10.6. The smallest absolute Gasteiger partial charge is 0.318 e. The molecule has 0 fully saturated rings. The first-order valence-electron chi connectivity index (χ1n) is 14.0. The lowest BCUT2D eigenvalue weighted by atomic mass is 9.94. The van der Waals surface area contributed by atoms with E-state index in [-0.39, 0.29) is 32.0 Å². The Balaban J connectivity index is 1.46. The number of methoxy groups -OCH3 is 1. The van der Waals surface area contributed by atoms with E-state index in [0.717, 1.165) is 22.3 Å². The number of aliphatic hydroxyl groups excluding tert-OH is 1. The highest BCUT2D eigenvalue weighted by molar-refractivity contribution is 6.02. The number of aliphatic hydroxyl groups is 1. The maximum atomic E-state index is 13.4. The number of benzene rings is 3. The van der Waals surface area contributed by atoms with Gasteiger partial charge in [-0.05, 0) is 52.3 Å². The van der Waals surface area contributed by atoms with Crippen molar-refractivity contribution in [2.45, 2.75) is 45.3 Å². The Morgan fingerprint density at radius 2 is 1.45 bits per heavy atom. The molecule has 1 aliphatic carbocycles. The monoisotopic (exact) mass is 572 g/mol. The Hall–Kier alpha value is -4.50. The van der Waals surface area contributed by atoms with Crippen LogP contribution in [0.2, 0.25) is 0 Å². The van der Waals surface area contributed by atoms with Gasteiger partial charge in [-0.15, -0.1) is 0 Å². The third-order valence-corrected chi connectivity index (χ3v) is 7.46. The standard InChI is InChI=1S/C33H36N2O7/c1-20(2)30(33(40)42-19-27-25-10-6-4-8-23(25)24-9-5-7-11-26(24)27)32(39)35-28(16-17-29(37)41-3)31(38)34-22-14-12-21(18-36)13-15-22/h4-15,20,27-28,30,36H,16-19H2,1-3H3,(H,34,38)(H,35,39). The van der Waals surface area contributed by atoms with Crippen molar-refractivity contribution in [1.29, 1.82) is 0 Å². The van der Waals surface area contributed by atoms with Crippen LogP contribution in [0.5, 0.6) is 0 Å². The SMILES string of the molecule is COC(=O)CCC(NC(=O)C(C(=O)OCC1c2ccccc2-c2ccccc21)C(C)C)C(=O)Nc1ccc(CO)cc1. The van der Waals surface area contributed by atoms with Crippen LogP contribution in [0.4, 0.5) is 5.69 Å². The minimum Gasteiger partial charge on any atom is -0.469 e. The van der Waals surface area contributed by atoms with E-state index in [9.17, 15) is 24.3 Å². The van der Waals surface area contributed by atoms with Crippen LogP contribution in [0.15, 0.2) is 72.8 Å². The minimum absolute atomic E-state index is 0.0333. The first kappa shape index (κ1) is 30.5.